The summed E-state index contributed by atoms with van der Waals surface area (Å²) < 4.78 is 0. The summed E-state index contributed by atoms with van der Waals surface area (Å²) in [7, 11) is 0. The number of hydrogen-bond acceptors (Lipinski definition) is 2. The first kappa shape index (κ1) is 18.9. The molecule has 27 heavy (non-hydrogen) atoms. The van der Waals surface area contributed by atoms with Gasteiger partial charge >= 0.3 is 0 Å². The maximum atomic E-state index is 10.3. The predicted octanol–water partition coefficient (Wildman–Crippen LogP) is 7.06. The van der Waals surface area contributed by atoms with E-state index in [1.54, 1.807) is 6.07 Å². The van der Waals surface area contributed by atoms with Gasteiger partial charge in [0.2, 0.25) is 0 Å². The molecule has 1 N–H and O–H groups in total. The fourth-order valence-corrected chi connectivity index (χ4v) is 3.35. The molecule has 0 saturated carbocycles. The molecule has 0 saturated heterocycles. The normalized spacial score (nSPS) is 11.6. The van der Waals surface area contributed by atoms with E-state index >= 15 is 0 Å². The van der Waals surface area contributed by atoms with Crippen LogP contribution >= 0.6 is 0 Å². The molecule has 0 bridgehead atoms. The minimum atomic E-state index is 0.281. The molecule has 0 aliphatic rings. The Morgan fingerprint density at radius 1 is 0.704 bits per heavy atom. The van der Waals surface area contributed by atoms with Crippen molar-refractivity contribution in [2.24, 2.45) is 4.99 Å². The van der Waals surface area contributed by atoms with Gasteiger partial charge in [0.15, 0.2) is 0 Å². The zero-order chi connectivity index (χ0) is 19.4. The van der Waals surface area contributed by atoms with Crippen LogP contribution in [0.15, 0.2) is 71.7 Å². The Morgan fingerprint density at radius 3 is 1.85 bits per heavy atom. The second-order valence-electron chi connectivity index (χ2n) is 7.46. The van der Waals surface area contributed by atoms with Gasteiger partial charge in [-0.3, -0.25) is 4.99 Å². The topological polar surface area (TPSA) is 32.6 Å². The second-order valence-corrected chi connectivity index (χ2v) is 7.46. The highest BCUT2D eigenvalue weighted by molar-refractivity contribution is 5.93. The van der Waals surface area contributed by atoms with Crippen molar-refractivity contribution >= 4 is 11.9 Å². The van der Waals surface area contributed by atoms with Crippen LogP contribution in [0.2, 0.25) is 0 Å². The molecule has 3 aromatic carbocycles. The summed E-state index contributed by atoms with van der Waals surface area (Å²) in [5.41, 5.74) is 6.38. The van der Waals surface area contributed by atoms with Crippen molar-refractivity contribution < 1.29 is 5.11 Å². The van der Waals surface area contributed by atoms with Crippen LogP contribution in [0.25, 0.3) is 11.1 Å². The number of rotatable bonds is 5. The van der Waals surface area contributed by atoms with Gasteiger partial charge in [0, 0.05) is 17.3 Å². The Hall–Kier alpha value is -2.87. The fourth-order valence-electron chi connectivity index (χ4n) is 3.35. The summed E-state index contributed by atoms with van der Waals surface area (Å²) in [6, 6.07) is 21.9. The minimum Gasteiger partial charge on any atom is -0.507 e. The quantitative estimate of drug-likeness (QED) is 0.487. The largest absolute Gasteiger partial charge is 0.507 e. The average Bonchev–Trinajstić information content (AvgIpc) is 2.66. The number of benzene rings is 3. The third kappa shape index (κ3) is 4.11. The molecule has 0 amide bonds. The van der Waals surface area contributed by atoms with Crippen LogP contribution in [0.1, 0.15) is 56.2 Å². The molecular weight excluding hydrogens is 330 g/mol. The lowest BCUT2D eigenvalue weighted by molar-refractivity contribution is 0.477. The van der Waals surface area contributed by atoms with Crippen molar-refractivity contribution in [3.05, 3.63) is 83.4 Å². The van der Waals surface area contributed by atoms with E-state index in [9.17, 15) is 5.11 Å². The van der Waals surface area contributed by atoms with Crippen LogP contribution < -0.4 is 0 Å². The third-order valence-electron chi connectivity index (χ3n) is 4.83. The van der Waals surface area contributed by atoms with Crippen LogP contribution in [0.3, 0.4) is 0 Å². The van der Waals surface area contributed by atoms with Crippen LogP contribution in [0, 0.1) is 0 Å². The van der Waals surface area contributed by atoms with Gasteiger partial charge in [-0.2, -0.15) is 0 Å². The summed E-state index contributed by atoms with van der Waals surface area (Å²) in [4.78, 5) is 4.93. The lowest BCUT2D eigenvalue weighted by atomic mass is 9.93. The van der Waals surface area contributed by atoms with Crippen molar-refractivity contribution in [1.29, 1.82) is 0 Å². The fraction of sp³-hybridized carbons (Fsp3) is 0.240. The van der Waals surface area contributed by atoms with Crippen molar-refractivity contribution in [1.82, 2.24) is 0 Å². The molecule has 2 heteroatoms. The van der Waals surface area contributed by atoms with E-state index in [0.717, 1.165) is 22.4 Å². The summed E-state index contributed by atoms with van der Waals surface area (Å²) in [6.07, 6.45) is 1.93. The molecule has 0 aliphatic heterocycles. The van der Waals surface area contributed by atoms with Gasteiger partial charge in [-0.05, 0) is 34.6 Å². The summed E-state index contributed by atoms with van der Waals surface area (Å²) in [5.74, 6) is 1.09. The Labute approximate surface area is 162 Å². The summed E-state index contributed by atoms with van der Waals surface area (Å²) in [5, 5.41) is 10.3. The van der Waals surface area contributed by atoms with Gasteiger partial charge in [-0.1, -0.05) is 88.4 Å². The molecule has 0 aliphatic carbocycles. The molecule has 3 aromatic rings. The molecule has 0 heterocycles. The second kappa shape index (κ2) is 8.22. The van der Waals surface area contributed by atoms with Crippen molar-refractivity contribution in [3.8, 4) is 16.9 Å². The first-order valence-corrected chi connectivity index (χ1v) is 9.53. The monoisotopic (exact) mass is 357 g/mol. The molecule has 2 nitrogen and oxygen atoms in total. The van der Waals surface area contributed by atoms with Gasteiger partial charge in [-0.15, -0.1) is 0 Å². The highest BCUT2D eigenvalue weighted by Crippen LogP contribution is 2.35. The van der Waals surface area contributed by atoms with Gasteiger partial charge in [-0.25, -0.2) is 0 Å². The van der Waals surface area contributed by atoms with E-state index in [-0.39, 0.29) is 5.75 Å². The molecular formula is C25H27NO. The number of nitrogens with zero attached hydrogens (tertiary/aromatic N) is 1. The van der Waals surface area contributed by atoms with Crippen molar-refractivity contribution in [2.45, 2.75) is 39.5 Å². The molecule has 0 spiro atoms. The molecule has 0 fully saturated rings. The van der Waals surface area contributed by atoms with Crippen molar-refractivity contribution in [2.75, 3.05) is 0 Å². The molecule has 0 unspecified atom stereocenters. The van der Waals surface area contributed by atoms with E-state index in [4.69, 9.17) is 4.99 Å². The predicted molar refractivity (Wildman–Crippen MR) is 115 cm³/mol. The molecule has 0 aromatic heterocycles. The van der Waals surface area contributed by atoms with E-state index in [0.29, 0.717) is 11.8 Å². The molecule has 0 atom stereocenters. The number of para-hydroxylation sites is 2. The van der Waals surface area contributed by atoms with Crippen LogP contribution in [-0.2, 0) is 0 Å². The Bertz CT molecular complexity index is 928. The van der Waals surface area contributed by atoms with E-state index in [1.165, 1.54) is 11.1 Å². The number of phenols is 1. The standard InChI is InChI=1S/C25H27NO/c1-17(2)20-13-9-14-21(18(3)4)25(20)26-16-19-10-5-6-11-22(19)23-12-7-8-15-24(23)27/h5-18,27H,1-4H3. The van der Waals surface area contributed by atoms with Gasteiger partial charge in [0.05, 0.1) is 5.69 Å². The lowest BCUT2D eigenvalue weighted by Gasteiger charge is -2.16. The Morgan fingerprint density at radius 2 is 1.26 bits per heavy atom. The van der Waals surface area contributed by atoms with Gasteiger partial charge < -0.3 is 5.11 Å². The Kier molecular flexibility index (Phi) is 5.75. The van der Waals surface area contributed by atoms with Crippen LogP contribution in [0.5, 0.6) is 5.75 Å². The van der Waals surface area contributed by atoms with Crippen LogP contribution in [-0.4, -0.2) is 11.3 Å². The summed E-state index contributed by atoms with van der Waals surface area (Å²) in [6.45, 7) is 8.81. The number of hydrogen-bond donors (Lipinski definition) is 1. The molecule has 138 valence electrons. The van der Waals surface area contributed by atoms with E-state index in [1.807, 2.05) is 48.7 Å². The summed E-state index contributed by atoms with van der Waals surface area (Å²) >= 11 is 0. The SMILES string of the molecule is CC(C)c1cccc(C(C)C)c1N=Cc1ccccc1-c1ccccc1O. The number of aromatic hydroxyl groups is 1. The number of phenolic OH excluding ortho intramolecular Hbond substituents is 1. The van der Waals surface area contributed by atoms with Crippen molar-refractivity contribution in [3.63, 3.8) is 0 Å². The maximum Gasteiger partial charge on any atom is 0.123 e. The maximum absolute atomic E-state index is 10.3. The highest BCUT2D eigenvalue weighted by Gasteiger charge is 2.13. The number of aliphatic imine (C=N–C) groups is 1. The third-order valence-corrected chi connectivity index (χ3v) is 4.83. The smallest absolute Gasteiger partial charge is 0.123 e. The molecule has 0 radical (unpaired) electrons. The van der Waals surface area contributed by atoms with Crippen LogP contribution in [0.4, 0.5) is 5.69 Å². The minimum absolute atomic E-state index is 0.281. The van der Waals surface area contributed by atoms with Gasteiger partial charge in [0.1, 0.15) is 5.75 Å². The Balaban J connectivity index is 2.10. The van der Waals surface area contributed by atoms with Gasteiger partial charge in [0.25, 0.3) is 0 Å². The van der Waals surface area contributed by atoms with E-state index < -0.39 is 0 Å². The van der Waals surface area contributed by atoms with E-state index in [2.05, 4.69) is 45.9 Å². The zero-order valence-electron chi connectivity index (χ0n) is 16.5. The zero-order valence-corrected chi connectivity index (χ0v) is 16.5. The average molecular weight is 357 g/mol. The lowest BCUT2D eigenvalue weighted by Crippen LogP contribution is -1.96. The highest BCUT2D eigenvalue weighted by atomic mass is 16.3. The first-order valence-electron chi connectivity index (χ1n) is 9.53. The molecule has 3 rings (SSSR count). The first-order chi connectivity index (χ1) is 13.0.